The van der Waals surface area contributed by atoms with Crippen molar-refractivity contribution in [3.63, 3.8) is 0 Å². The first kappa shape index (κ1) is 15.4. The molecule has 1 aromatic carbocycles. The second-order valence-electron chi connectivity index (χ2n) is 3.51. The number of Topliss-reactive ketones (excluding diaryl/α,β-unsaturated/α-hetero) is 1. The minimum atomic E-state index is -5.03. The normalized spacial score (nSPS) is 12.9. The SMILES string of the molecule is CC(=O)C(Br)c1ccc(OC(F)(F)F)c([N+](=O)[O-])c1. The molecule has 0 aromatic heterocycles. The van der Waals surface area contributed by atoms with Gasteiger partial charge in [0.25, 0.3) is 0 Å². The molecule has 0 amide bonds. The van der Waals surface area contributed by atoms with Gasteiger partial charge in [0.1, 0.15) is 5.78 Å². The zero-order chi connectivity index (χ0) is 14.8. The average Bonchev–Trinajstić information content (AvgIpc) is 2.26. The van der Waals surface area contributed by atoms with E-state index < -0.39 is 27.5 Å². The molecule has 0 bridgehead atoms. The molecule has 0 aliphatic rings. The van der Waals surface area contributed by atoms with Crippen molar-refractivity contribution >= 4 is 27.4 Å². The summed E-state index contributed by atoms with van der Waals surface area (Å²) in [5.41, 5.74) is -0.686. The minimum Gasteiger partial charge on any atom is -0.398 e. The lowest BCUT2D eigenvalue weighted by Crippen LogP contribution is -2.18. The van der Waals surface area contributed by atoms with Crippen LogP contribution < -0.4 is 4.74 Å². The van der Waals surface area contributed by atoms with E-state index in [4.69, 9.17) is 0 Å². The Morgan fingerprint density at radius 3 is 2.47 bits per heavy atom. The first-order valence-corrected chi connectivity index (χ1v) is 5.72. The Kier molecular flexibility index (Phi) is 4.51. The highest BCUT2D eigenvalue weighted by atomic mass is 79.9. The molecule has 0 saturated heterocycles. The van der Waals surface area contributed by atoms with E-state index in [1.54, 1.807) is 0 Å². The smallest absolute Gasteiger partial charge is 0.398 e. The number of hydrogen-bond acceptors (Lipinski definition) is 4. The maximum absolute atomic E-state index is 12.1. The van der Waals surface area contributed by atoms with E-state index in [1.165, 1.54) is 6.92 Å². The number of ether oxygens (including phenoxy) is 1. The van der Waals surface area contributed by atoms with Crippen LogP contribution in [-0.2, 0) is 4.79 Å². The van der Waals surface area contributed by atoms with Crippen molar-refractivity contribution < 1.29 is 27.6 Å². The number of benzene rings is 1. The van der Waals surface area contributed by atoms with E-state index in [1.807, 2.05) is 0 Å². The van der Waals surface area contributed by atoms with Crippen molar-refractivity contribution in [2.24, 2.45) is 0 Å². The molecule has 0 aliphatic carbocycles. The van der Waals surface area contributed by atoms with Crippen LogP contribution in [0.3, 0.4) is 0 Å². The lowest BCUT2D eigenvalue weighted by atomic mass is 10.1. The van der Waals surface area contributed by atoms with E-state index in [2.05, 4.69) is 20.7 Å². The first-order valence-electron chi connectivity index (χ1n) is 4.80. The molecule has 1 atom stereocenters. The van der Waals surface area contributed by atoms with Crippen LogP contribution in [0.4, 0.5) is 18.9 Å². The molecule has 9 heteroatoms. The van der Waals surface area contributed by atoms with Gasteiger partial charge < -0.3 is 4.74 Å². The highest BCUT2D eigenvalue weighted by molar-refractivity contribution is 9.09. The Balaban J connectivity index is 3.22. The van der Waals surface area contributed by atoms with Gasteiger partial charge in [-0.3, -0.25) is 14.9 Å². The molecular formula is C10H7BrF3NO4. The fourth-order valence-electron chi connectivity index (χ4n) is 1.28. The second kappa shape index (κ2) is 5.55. The zero-order valence-corrected chi connectivity index (χ0v) is 11.0. The lowest BCUT2D eigenvalue weighted by molar-refractivity contribution is -0.388. The third-order valence-corrected chi connectivity index (χ3v) is 3.23. The number of nitro groups is 1. The molecule has 0 heterocycles. The summed E-state index contributed by atoms with van der Waals surface area (Å²) in [4.78, 5) is 20.0. The molecule has 0 radical (unpaired) electrons. The van der Waals surface area contributed by atoms with Crippen molar-refractivity contribution in [1.82, 2.24) is 0 Å². The number of alkyl halides is 4. The average molecular weight is 342 g/mol. The number of halogens is 4. The number of carbonyl (C=O) groups excluding carboxylic acids is 1. The quantitative estimate of drug-likeness (QED) is 0.477. The Morgan fingerprint density at radius 2 is 2.05 bits per heavy atom. The largest absolute Gasteiger partial charge is 0.573 e. The fourth-order valence-corrected chi connectivity index (χ4v) is 1.57. The molecule has 104 valence electrons. The summed E-state index contributed by atoms with van der Waals surface area (Å²) in [5.74, 6) is -1.26. The van der Waals surface area contributed by atoms with Crippen molar-refractivity contribution in [3.05, 3.63) is 33.9 Å². The number of carbonyl (C=O) groups is 1. The number of hydrogen-bond donors (Lipinski definition) is 0. The van der Waals surface area contributed by atoms with Crippen molar-refractivity contribution in [2.75, 3.05) is 0 Å². The van der Waals surface area contributed by atoms with Gasteiger partial charge in [0.2, 0.25) is 5.75 Å². The van der Waals surface area contributed by atoms with E-state index in [0.29, 0.717) is 0 Å². The predicted molar refractivity (Wildman–Crippen MR) is 62.1 cm³/mol. The van der Waals surface area contributed by atoms with Gasteiger partial charge in [0.15, 0.2) is 0 Å². The number of rotatable bonds is 4. The number of nitro benzene ring substituents is 1. The zero-order valence-electron chi connectivity index (χ0n) is 9.40. The van der Waals surface area contributed by atoms with Crippen molar-refractivity contribution in [1.29, 1.82) is 0 Å². The molecule has 1 rings (SSSR count). The van der Waals surface area contributed by atoms with Crippen LogP contribution in [0, 0.1) is 10.1 Å². The van der Waals surface area contributed by atoms with Crippen LogP contribution in [-0.4, -0.2) is 17.1 Å². The van der Waals surface area contributed by atoms with Crippen LogP contribution in [0.15, 0.2) is 18.2 Å². The Morgan fingerprint density at radius 1 is 1.47 bits per heavy atom. The van der Waals surface area contributed by atoms with Gasteiger partial charge in [0, 0.05) is 6.07 Å². The molecule has 0 saturated carbocycles. The third-order valence-electron chi connectivity index (χ3n) is 2.05. The molecule has 1 unspecified atom stereocenters. The lowest BCUT2D eigenvalue weighted by Gasteiger charge is -2.11. The standard InChI is InChI=1S/C10H7BrF3NO4/c1-5(16)9(11)6-2-3-8(19-10(12,13)14)7(4-6)15(17)18/h2-4,9H,1H3. The van der Waals surface area contributed by atoms with E-state index in [0.717, 1.165) is 18.2 Å². The summed E-state index contributed by atoms with van der Waals surface area (Å²) in [6.07, 6.45) is -5.03. The van der Waals surface area contributed by atoms with Gasteiger partial charge in [0.05, 0.1) is 9.75 Å². The monoisotopic (exact) mass is 341 g/mol. The molecule has 19 heavy (non-hydrogen) atoms. The van der Waals surface area contributed by atoms with Gasteiger partial charge in [-0.2, -0.15) is 0 Å². The van der Waals surface area contributed by atoms with E-state index >= 15 is 0 Å². The van der Waals surface area contributed by atoms with Crippen molar-refractivity contribution in [3.8, 4) is 5.75 Å². The van der Waals surface area contributed by atoms with E-state index in [-0.39, 0.29) is 11.3 Å². The molecule has 5 nitrogen and oxygen atoms in total. The van der Waals surface area contributed by atoms with Crippen molar-refractivity contribution in [2.45, 2.75) is 18.1 Å². The molecule has 0 fully saturated rings. The number of nitrogens with zero attached hydrogens (tertiary/aromatic N) is 1. The van der Waals surface area contributed by atoms with Gasteiger partial charge in [-0.1, -0.05) is 22.0 Å². The van der Waals surface area contributed by atoms with Crippen LogP contribution in [0.5, 0.6) is 5.75 Å². The minimum absolute atomic E-state index is 0.175. The summed E-state index contributed by atoms with van der Waals surface area (Å²) in [6, 6.07) is 2.81. The maximum Gasteiger partial charge on any atom is 0.573 e. The number of ketones is 1. The van der Waals surface area contributed by atoms with Gasteiger partial charge in [-0.15, -0.1) is 13.2 Å². The molecular weight excluding hydrogens is 335 g/mol. The maximum atomic E-state index is 12.1. The topological polar surface area (TPSA) is 69.4 Å². The summed E-state index contributed by atoms with van der Waals surface area (Å²) in [6.45, 7) is 1.24. The molecule has 0 N–H and O–H groups in total. The third kappa shape index (κ3) is 4.19. The summed E-state index contributed by atoms with van der Waals surface area (Å²) < 4.78 is 39.7. The van der Waals surface area contributed by atoms with Gasteiger partial charge in [-0.25, -0.2) is 0 Å². The molecule has 0 spiro atoms. The van der Waals surface area contributed by atoms with Crippen LogP contribution in [0.2, 0.25) is 0 Å². The summed E-state index contributed by atoms with van der Waals surface area (Å²) in [5, 5.41) is 10.7. The Bertz CT molecular complexity index is 518. The second-order valence-corrected chi connectivity index (χ2v) is 4.42. The van der Waals surface area contributed by atoms with E-state index in [9.17, 15) is 28.1 Å². The van der Waals surface area contributed by atoms with Gasteiger partial charge in [-0.05, 0) is 18.6 Å². The predicted octanol–water partition coefficient (Wildman–Crippen LogP) is 3.52. The summed E-state index contributed by atoms with van der Waals surface area (Å²) in [7, 11) is 0. The fraction of sp³-hybridized carbons (Fsp3) is 0.300. The highest BCUT2D eigenvalue weighted by Gasteiger charge is 2.34. The van der Waals surface area contributed by atoms with Crippen LogP contribution >= 0.6 is 15.9 Å². The highest BCUT2D eigenvalue weighted by Crippen LogP contribution is 2.35. The Labute approximate surface area is 113 Å². The first-order chi connectivity index (χ1) is 8.61. The molecule has 0 aliphatic heterocycles. The Hall–Kier alpha value is -1.64. The van der Waals surface area contributed by atoms with Crippen LogP contribution in [0.1, 0.15) is 17.3 Å². The van der Waals surface area contributed by atoms with Gasteiger partial charge >= 0.3 is 12.0 Å². The molecule has 1 aromatic rings. The van der Waals surface area contributed by atoms with Crippen LogP contribution in [0.25, 0.3) is 0 Å². The summed E-state index contributed by atoms with van der Waals surface area (Å²) >= 11 is 2.98.